The van der Waals surface area contributed by atoms with Crippen LogP contribution in [0.15, 0.2) is 65.1 Å². The minimum atomic E-state index is -0.694. The molecule has 0 aliphatic heterocycles. The van der Waals surface area contributed by atoms with Crippen molar-refractivity contribution >= 4 is 11.9 Å². The number of amides is 1. The number of nitrogens with one attached hydrogen (secondary N) is 1. The van der Waals surface area contributed by atoms with Crippen molar-refractivity contribution in [3.63, 3.8) is 0 Å². The molecule has 3 rings (SSSR count). The molecular weight excluding hydrogens is 344 g/mol. The van der Waals surface area contributed by atoms with E-state index in [1.807, 2.05) is 67.6 Å². The Morgan fingerprint density at radius 3 is 2.37 bits per heavy atom. The van der Waals surface area contributed by atoms with Gasteiger partial charge in [0.1, 0.15) is 5.76 Å². The molecule has 0 aliphatic carbocycles. The lowest BCUT2D eigenvalue weighted by atomic mass is 10.1. The summed E-state index contributed by atoms with van der Waals surface area (Å²) in [4.78, 5) is 28.5. The maximum absolute atomic E-state index is 12.2. The molecule has 0 bridgehead atoms. The third-order valence-electron chi connectivity index (χ3n) is 4.02. The van der Waals surface area contributed by atoms with E-state index in [-0.39, 0.29) is 24.2 Å². The smallest absolute Gasteiger partial charge is 0.361 e. The molecule has 0 spiro atoms. The second kappa shape index (κ2) is 8.31. The summed E-state index contributed by atoms with van der Waals surface area (Å²) in [6.45, 7) is 3.11. The maximum atomic E-state index is 12.2. The summed E-state index contributed by atoms with van der Waals surface area (Å²) < 4.78 is 10.6. The summed E-state index contributed by atoms with van der Waals surface area (Å²) in [7, 11) is 0. The molecule has 1 N–H and O–H groups in total. The number of nitrogens with zero attached hydrogens (tertiary/aromatic N) is 1. The van der Waals surface area contributed by atoms with E-state index in [9.17, 15) is 9.59 Å². The number of aryl methyl sites for hydroxylation is 1. The molecular formula is C21H20N2O4. The average molecular weight is 364 g/mol. The predicted octanol–water partition coefficient (Wildman–Crippen LogP) is 3.68. The molecule has 6 heteroatoms. The molecule has 0 radical (unpaired) electrons. The van der Waals surface area contributed by atoms with E-state index >= 15 is 0 Å². The summed E-state index contributed by atoms with van der Waals surface area (Å²) in [5.74, 6) is -0.399. The van der Waals surface area contributed by atoms with Gasteiger partial charge in [0.05, 0.1) is 6.04 Å². The lowest BCUT2D eigenvalue weighted by molar-refractivity contribution is -0.124. The highest BCUT2D eigenvalue weighted by molar-refractivity contribution is 5.91. The molecule has 138 valence electrons. The van der Waals surface area contributed by atoms with Gasteiger partial charge in [0.15, 0.2) is 12.3 Å². The van der Waals surface area contributed by atoms with E-state index in [2.05, 4.69) is 10.3 Å². The first-order valence-corrected chi connectivity index (χ1v) is 8.59. The molecule has 1 aromatic heterocycles. The predicted molar refractivity (Wildman–Crippen MR) is 100.0 cm³/mol. The summed E-state index contributed by atoms with van der Waals surface area (Å²) >= 11 is 0. The number of rotatable bonds is 6. The largest absolute Gasteiger partial charge is 0.451 e. The second-order valence-corrected chi connectivity index (χ2v) is 6.07. The Hall–Kier alpha value is -3.41. The zero-order valence-electron chi connectivity index (χ0n) is 15.1. The number of oxazole rings is 1. The highest BCUT2D eigenvalue weighted by Crippen LogP contribution is 2.21. The fourth-order valence-electron chi connectivity index (χ4n) is 2.60. The van der Waals surface area contributed by atoms with Crippen LogP contribution in [0.1, 0.15) is 34.8 Å². The van der Waals surface area contributed by atoms with Gasteiger partial charge in [-0.25, -0.2) is 9.78 Å². The number of esters is 1. The number of aromatic nitrogens is 1. The molecule has 2 aromatic carbocycles. The topological polar surface area (TPSA) is 81.4 Å². The van der Waals surface area contributed by atoms with Gasteiger partial charge in [-0.05, 0) is 31.5 Å². The van der Waals surface area contributed by atoms with Crippen LogP contribution in [0.2, 0.25) is 0 Å². The van der Waals surface area contributed by atoms with Gasteiger partial charge in [0.2, 0.25) is 5.89 Å². The lowest BCUT2D eigenvalue weighted by Crippen LogP contribution is -2.31. The van der Waals surface area contributed by atoms with Crippen LogP contribution in [0.3, 0.4) is 0 Å². The van der Waals surface area contributed by atoms with Crippen molar-refractivity contribution in [2.75, 3.05) is 6.61 Å². The molecule has 1 atom stereocenters. The van der Waals surface area contributed by atoms with E-state index in [4.69, 9.17) is 9.15 Å². The van der Waals surface area contributed by atoms with E-state index in [1.165, 1.54) is 0 Å². The Kier molecular flexibility index (Phi) is 5.66. The first-order valence-electron chi connectivity index (χ1n) is 8.59. The van der Waals surface area contributed by atoms with Crippen LogP contribution in [0.4, 0.5) is 0 Å². The first-order chi connectivity index (χ1) is 13.0. The molecule has 0 unspecified atom stereocenters. The number of hydrogen-bond donors (Lipinski definition) is 1. The fourth-order valence-corrected chi connectivity index (χ4v) is 2.60. The Bertz CT molecular complexity index is 920. The minimum Gasteiger partial charge on any atom is -0.451 e. The number of ether oxygens (including phenoxy) is 1. The van der Waals surface area contributed by atoms with E-state index < -0.39 is 5.97 Å². The molecule has 3 aromatic rings. The molecule has 0 saturated heterocycles. The van der Waals surface area contributed by atoms with Crippen LogP contribution in [0.5, 0.6) is 0 Å². The standard InChI is InChI=1S/C21H20N2O4/c1-14(16-9-5-3-6-10-16)22-18(24)13-26-21(25)19-15(2)27-20(23-19)17-11-7-4-8-12-17/h3-12,14H,13H2,1-2H3,(H,22,24)/t14-/m0/s1. The Morgan fingerprint density at radius 2 is 1.70 bits per heavy atom. The minimum absolute atomic E-state index is 0.0674. The van der Waals surface area contributed by atoms with Gasteiger partial charge in [0.25, 0.3) is 5.91 Å². The van der Waals surface area contributed by atoms with Crippen LogP contribution in [0, 0.1) is 6.92 Å². The van der Waals surface area contributed by atoms with Gasteiger partial charge in [-0.15, -0.1) is 0 Å². The Balaban J connectivity index is 1.58. The highest BCUT2D eigenvalue weighted by Gasteiger charge is 2.20. The first kappa shape index (κ1) is 18.4. The van der Waals surface area contributed by atoms with Crippen molar-refractivity contribution in [1.82, 2.24) is 10.3 Å². The van der Waals surface area contributed by atoms with Gasteiger partial charge in [-0.1, -0.05) is 48.5 Å². The molecule has 0 saturated carbocycles. The zero-order chi connectivity index (χ0) is 19.2. The van der Waals surface area contributed by atoms with Crippen molar-refractivity contribution < 1.29 is 18.7 Å². The van der Waals surface area contributed by atoms with Crippen LogP contribution < -0.4 is 5.32 Å². The summed E-state index contributed by atoms with van der Waals surface area (Å²) in [5, 5.41) is 2.79. The molecule has 0 fully saturated rings. The van der Waals surface area contributed by atoms with Gasteiger partial charge in [-0.2, -0.15) is 0 Å². The van der Waals surface area contributed by atoms with Crippen molar-refractivity contribution in [1.29, 1.82) is 0 Å². The van der Waals surface area contributed by atoms with Crippen LogP contribution in [-0.4, -0.2) is 23.5 Å². The van der Waals surface area contributed by atoms with Crippen molar-refractivity contribution in [3.8, 4) is 11.5 Å². The van der Waals surface area contributed by atoms with E-state index in [0.717, 1.165) is 11.1 Å². The third kappa shape index (κ3) is 4.61. The number of carbonyl (C=O) groups excluding carboxylic acids is 2. The number of hydrogen-bond acceptors (Lipinski definition) is 5. The molecule has 1 heterocycles. The molecule has 6 nitrogen and oxygen atoms in total. The van der Waals surface area contributed by atoms with Gasteiger partial charge >= 0.3 is 5.97 Å². The SMILES string of the molecule is Cc1oc(-c2ccccc2)nc1C(=O)OCC(=O)N[C@@H](C)c1ccccc1. The summed E-state index contributed by atoms with van der Waals surface area (Å²) in [5.41, 5.74) is 1.80. The van der Waals surface area contributed by atoms with E-state index in [0.29, 0.717) is 11.7 Å². The Labute approximate surface area is 157 Å². The monoisotopic (exact) mass is 364 g/mol. The van der Waals surface area contributed by atoms with Gasteiger partial charge < -0.3 is 14.5 Å². The van der Waals surface area contributed by atoms with Gasteiger partial charge in [-0.3, -0.25) is 4.79 Å². The highest BCUT2D eigenvalue weighted by atomic mass is 16.5. The second-order valence-electron chi connectivity index (χ2n) is 6.07. The zero-order valence-corrected chi connectivity index (χ0v) is 15.1. The van der Waals surface area contributed by atoms with Crippen molar-refractivity contribution in [3.05, 3.63) is 77.7 Å². The number of carbonyl (C=O) groups is 2. The van der Waals surface area contributed by atoms with Crippen LogP contribution in [0.25, 0.3) is 11.5 Å². The van der Waals surface area contributed by atoms with Gasteiger partial charge in [0, 0.05) is 5.56 Å². The van der Waals surface area contributed by atoms with Crippen molar-refractivity contribution in [2.45, 2.75) is 19.9 Å². The summed E-state index contributed by atoms with van der Waals surface area (Å²) in [6.07, 6.45) is 0. The number of benzene rings is 2. The normalized spacial score (nSPS) is 11.6. The van der Waals surface area contributed by atoms with Crippen LogP contribution >= 0.6 is 0 Å². The van der Waals surface area contributed by atoms with E-state index in [1.54, 1.807) is 6.92 Å². The quantitative estimate of drug-likeness (QED) is 0.675. The van der Waals surface area contributed by atoms with Crippen molar-refractivity contribution in [2.24, 2.45) is 0 Å². The third-order valence-corrected chi connectivity index (χ3v) is 4.02. The molecule has 27 heavy (non-hydrogen) atoms. The lowest BCUT2D eigenvalue weighted by Gasteiger charge is -2.14. The Morgan fingerprint density at radius 1 is 1.07 bits per heavy atom. The molecule has 0 aliphatic rings. The fraction of sp³-hybridized carbons (Fsp3) is 0.190. The maximum Gasteiger partial charge on any atom is 0.361 e. The average Bonchev–Trinajstić information content (AvgIpc) is 3.09. The molecule has 1 amide bonds. The van der Waals surface area contributed by atoms with Crippen LogP contribution in [-0.2, 0) is 9.53 Å². The summed E-state index contributed by atoms with van der Waals surface area (Å²) in [6, 6.07) is 18.6.